The Morgan fingerprint density at radius 3 is 2.01 bits per heavy atom. The second kappa shape index (κ2) is 29.5. The number of cyclic esters (lactones) is 1. The van der Waals surface area contributed by atoms with E-state index < -0.39 is 78.4 Å². The van der Waals surface area contributed by atoms with Gasteiger partial charge in [-0.2, -0.15) is 0 Å². The lowest BCUT2D eigenvalue weighted by atomic mass is 9.97. The molecule has 2 saturated heterocycles. The van der Waals surface area contributed by atoms with Crippen molar-refractivity contribution in [3.8, 4) is 11.5 Å². The van der Waals surface area contributed by atoms with Gasteiger partial charge in [-0.05, 0) is 140 Å². The molecule has 0 aliphatic carbocycles. The summed E-state index contributed by atoms with van der Waals surface area (Å²) in [5.41, 5.74) is 7.60. The summed E-state index contributed by atoms with van der Waals surface area (Å²) in [6.45, 7) is 18.8. The van der Waals surface area contributed by atoms with Crippen molar-refractivity contribution in [2.45, 2.75) is 183 Å². The maximum atomic E-state index is 13.4. The van der Waals surface area contributed by atoms with E-state index in [1.165, 1.54) is 14.8 Å². The van der Waals surface area contributed by atoms with Crippen molar-refractivity contribution in [1.29, 1.82) is 0 Å². The number of aliphatic hydroxyl groups is 3. The smallest absolute Gasteiger partial charge is 0.339 e. The van der Waals surface area contributed by atoms with Crippen molar-refractivity contribution < 1.29 is 75.4 Å². The van der Waals surface area contributed by atoms with Gasteiger partial charge >= 0.3 is 11.9 Å². The Labute approximate surface area is 471 Å². The predicted molar refractivity (Wildman–Crippen MR) is 307 cm³/mol. The van der Waals surface area contributed by atoms with Crippen LogP contribution >= 0.6 is 0 Å². The van der Waals surface area contributed by atoms with Gasteiger partial charge in [0, 0.05) is 2.74 Å². The minimum absolute atomic E-state index is 0.263. The Morgan fingerprint density at radius 1 is 0.810 bits per heavy atom. The van der Waals surface area contributed by atoms with Gasteiger partial charge in [-0.1, -0.05) is 123 Å². The lowest BCUT2D eigenvalue weighted by Gasteiger charge is -2.25. The normalized spacial score (nSPS) is 24.6. The third kappa shape index (κ3) is 18.5. The number of rotatable bonds is 16. The zero-order chi connectivity index (χ0) is 60.2. The number of ether oxygens (including phenoxy) is 9. The van der Waals surface area contributed by atoms with Gasteiger partial charge in [0.05, 0.1) is 56.9 Å². The van der Waals surface area contributed by atoms with Crippen LogP contribution in [-0.2, 0) is 46.4 Å². The number of carboxylic acids is 1. The number of carbonyl (C=O) groups excluding carboxylic acids is 1. The number of carbonyl (C=O) groups is 2. The molecule has 432 valence electrons. The molecule has 3 aliphatic heterocycles. The molecule has 2 unspecified atom stereocenters. The molecular weight excluding hydrogens is 1010 g/mol. The molecule has 7 rings (SSSR count). The van der Waals surface area contributed by atoms with Crippen LogP contribution in [-0.4, -0.2) is 119 Å². The number of aryl methyl sites for hydroxylation is 4. The Hall–Kier alpha value is -5.98. The molecule has 0 radical (unpaired) electrons. The van der Waals surface area contributed by atoms with E-state index in [-0.39, 0.29) is 24.9 Å². The van der Waals surface area contributed by atoms with E-state index >= 15 is 0 Å². The van der Waals surface area contributed by atoms with Crippen molar-refractivity contribution in [2.75, 3.05) is 14.2 Å². The lowest BCUT2D eigenvalue weighted by molar-refractivity contribution is -0.152. The molecule has 15 heteroatoms. The van der Waals surface area contributed by atoms with Gasteiger partial charge in [0.2, 0.25) is 0 Å². The van der Waals surface area contributed by atoms with E-state index in [0.717, 1.165) is 44.9 Å². The largest absolute Gasteiger partial charge is 0.497 e. The molecule has 4 aromatic rings. The summed E-state index contributed by atoms with van der Waals surface area (Å²) in [4.78, 5) is 25.2. The minimum atomic E-state index is -1.02. The molecule has 0 amide bonds. The van der Waals surface area contributed by atoms with E-state index in [1.807, 2.05) is 126 Å². The molecule has 3 heterocycles. The van der Waals surface area contributed by atoms with Crippen LogP contribution in [0.1, 0.15) is 137 Å². The van der Waals surface area contributed by atoms with E-state index in [1.54, 1.807) is 79.2 Å². The zero-order valence-electron chi connectivity index (χ0n) is 50.4. The first kappa shape index (κ1) is 62.2. The molecule has 0 bridgehead atoms. The highest BCUT2D eigenvalue weighted by Gasteiger charge is 2.45. The highest BCUT2D eigenvalue weighted by atomic mass is 16.8. The fraction of sp³-hybridized carbons (Fsp3) is 0.469. The number of methoxy groups -OCH3 is 2. The standard InChI is InChI=1S/C31H40O8.C31H38O7.2CH4/c1-19-16-20(2)28(30(34)35)23(17-19)8-7-9-27-29(39-31(4,5)38-27)25(33)14-15-26(21(3)32)37-18-22-10-12-24(36-6)13-11-22;1-19-16-20(2)28-23(17-19)8-7-9-27-29(38-31(4,5)37-27)25(32)14-15-26(21(3)36-30(28)33)35-18-22-10-12-24(34-6)13-11-22;;/h7-8,10-17,21,25-27,29,32-33H,9,18H2,1-6H3,(H,34,35);7-8,10-17,21,25-27,29,32H,9,18H2,1-6H3;2*1H4/b2*8-7+,15-14-;;/t2*21-,25?,26+,27-,29+;;/m00../s1/i;;2*1T. The summed E-state index contributed by atoms with van der Waals surface area (Å²) < 4.78 is 64.1. The molecule has 4 N–H and O–H groups in total. The van der Waals surface area contributed by atoms with Crippen molar-refractivity contribution >= 4 is 24.1 Å². The third-order valence-corrected chi connectivity index (χ3v) is 13.3. The molecule has 0 aromatic heterocycles. The monoisotopic (exact) mass is 1100 g/mol. The highest BCUT2D eigenvalue weighted by molar-refractivity contribution is 5.96. The summed E-state index contributed by atoms with van der Waals surface area (Å²) in [5.74, 6) is -1.62. The number of esters is 1. The molecule has 3 aliphatic rings. The zero-order valence-corrected chi connectivity index (χ0v) is 48.4. The summed E-state index contributed by atoms with van der Waals surface area (Å²) >= 11 is 0. The Morgan fingerprint density at radius 2 is 1.41 bits per heavy atom. The summed E-state index contributed by atoms with van der Waals surface area (Å²) in [7, 11) is 5.72. The first-order valence-electron chi connectivity index (χ1n) is 28.1. The van der Waals surface area contributed by atoms with E-state index in [4.69, 9.17) is 45.4 Å². The average Bonchev–Trinajstić information content (AvgIpc) is 3.96. The number of aliphatic hydroxyl groups excluding tert-OH is 3. The van der Waals surface area contributed by atoms with Crippen LogP contribution in [0.3, 0.4) is 0 Å². The van der Waals surface area contributed by atoms with Gasteiger partial charge in [-0.3, -0.25) is 0 Å². The number of hydrogen-bond donors (Lipinski definition) is 4. The van der Waals surface area contributed by atoms with Gasteiger partial charge in [0.1, 0.15) is 54.2 Å². The third-order valence-electron chi connectivity index (χ3n) is 13.3. The Balaban J connectivity index is 0.000000328. The second-order valence-electron chi connectivity index (χ2n) is 20.8. The van der Waals surface area contributed by atoms with Gasteiger partial charge in [0.25, 0.3) is 0 Å². The number of benzene rings is 4. The number of carboxylic acid groups (broad SMARTS) is 1. The van der Waals surface area contributed by atoms with Gasteiger partial charge in [-0.25, -0.2) is 9.59 Å². The average molecular weight is 1100 g/mol. The van der Waals surface area contributed by atoms with Gasteiger partial charge < -0.3 is 63.1 Å². The van der Waals surface area contributed by atoms with Crippen LogP contribution in [0.4, 0.5) is 0 Å². The number of fused-ring (bicyclic) bond motifs is 2. The topological polar surface area (TPSA) is 198 Å². The Bertz CT molecular complexity index is 2730. The SMILES string of the molecule is COc1ccc(CO[C@@H]2/C=C\C(O)[C@H]3OC(C)(C)O[C@H]3C/C=C/c3cc(C)cc(C)c3C(=O)O[C@H]2C)cc1.COc1ccc(CO[C@H](/C=C\C(O)[C@H]2OC(C)(C)O[C@H]2C/C=C/c2cc(C)cc(C)c2C(=O)O)[C@H](C)O)cc1.[3H]C.[3H]C. The van der Waals surface area contributed by atoms with E-state index in [2.05, 4.69) is 0 Å². The molecule has 2 fully saturated rings. The Kier molecular flexibility index (Phi) is 23.2. The summed E-state index contributed by atoms with van der Waals surface area (Å²) in [5, 5.41) is 41.9. The van der Waals surface area contributed by atoms with Crippen LogP contribution in [0.15, 0.2) is 109 Å². The van der Waals surface area contributed by atoms with Gasteiger partial charge in [-0.15, -0.1) is 0 Å². The maximum Gasteiger partial charge on any atom is 0.339 e. The molecular formula is C64H86O15. The van der Waals surface area contributed by atoms with E-state index in [9.17, 15) is 30.0 Å². The van der Waals surface area contributed by atoms with Crippen molar-refractivity contribution in [1.82, 2.24) is 0 Å². The first-order valence-corrected chi connectivity index (χ1v) is 26.1. The highest BCUT2D eigenvalue weighted by Crippen LogP contribution is 2.35. The van der Waals surface area contributed by atoms with Crippen LogP contribution in [0.25, 0.3) is 12.2 Å². The lowest BCUT2D eigenvalue weighted by Crippen LogP contribution is -2.35. The second-order valence-corrected chi connectivity index (χ2v) is 20.8. The number of hydrogen-bond acceptors (Lipinski definition) is 14. The predicted octanol–water partition coefficient (Wildman–Crippen LogP) is 11.4. The van der Waals surface area contributed by atoms with Crippen LogP contribution in [0.5, 0.6) is 11.5 Å². The van der Waals surface area contributed by atoms with E-state index in [0.29, 0.717) is 29.5 Å². The summed E-state index contributed by atoms with van der Waals surface area (Å²) in [6, 6.07) is 22.6. The summed E-state index contributed by atoms with van der Waals surface area (Å²) in [6.07, 6.45) is 8.26. The van der Waals surface area contributed by atoms with Gasteiger partial charge in [0.15, 0.2) is 11.6 Å². The number of aromatic carboxylic acids is 1. The maximum absolute atomic E-state index is 13.4. The van der Waals surface area contributed by atoms with Crippen molar-refractivity contribution in [2.24, 2.45) is 0 Å². The molecule has 4 aromatic carbocycles. The quantitative estimate of drug-likeness (QED) is 0.0610. The minimum Gasteiger partial charge on any atom is -0.497 e. The van der Waals surface area contributed by atoms with Crippen molar-refractivity contribution in [3.63, 3.8) is 0 Å². The molecule has 10 atom stereocenters. The molecule has 79 heavy (non-hydrogen) atoms. The van der Waals surface area contributed by atoms with Crippen LogP contribution in [0.2, 0.25) is 0 Å². The van der Waals surface area contributed by atoms with Crippen molar-refractivity contribution in [3.05, 3.63) is 165 Å². The molecule has 0 spiro atoms. The fourth-order valence-corrected chi connectivity index (χ4v) is 9.65. The fourth-order valence-electron chi connectivity index (χ4n) is 9.65. The first-order chi connectivity index (χ1) is 38.5. The molecule has 0 saturated carbocycles. The van der Waals surface area contributed by atoms with Crippen LogP contribution < -0.4 is 9.47 Å². The van der Waals surface area contributed by atoms with Crippen LogP contribution in [0, 0.1) is 27.7 Å². The molecule has 15 nitrogen and oxygen atoms in total.